The topological polar surface area (TPSA) is 29.0 Å². The van der Waals surface area contributed by atoms with Gasteiger partial charge in [-0.25, -0.2) is 9.97 Å². The fourth-order valence-electron chi connectivity index (χ4n) is 3.82. The minimum absolute atomic E-state index is 0.636. The monoisotopic (exact) mass is 311 g/mol. The second-order valence-corrected chi connectivity index (χ2v) is 7.22. The molecule has 0 aliphatic carbocycles. The zero-order valence-electron chi connectivity index (χ0n) is 12.7. The molecule has 0 saturated carbocycles. The highest BCUT2D eigenvalue weighted by Gasteiger charge is 2.35. The van der Waals surface area contributed by atoms with E-state index in [0.717, 1.165) is 11.2 Å². The van der Waals surface area contributed by atoms with Gasteiger partial charge in [-0.2, -0.15) is 0 Å². The van der Waals surface area contributed by atoms with Gasteiger partial charge < -0.3 is 0 Å². The van der Waals surface area contributed by atoms with E-state index in [1.54, 1.807) is 24.2 Å². The summed E-state index contributed by atoms with van der Waals surface area (Å²) in [7, 11) is 0. The lowest BCUT2D eigenvalue weighted by Gasteiger charge is -2.34. The Morgan fingerprint density at radius 1 is 0.955 bits per heavy atom. The van der Waals surface area contributed by atoms with E-state index in [-0.39, 0.29) is 0 Å². The van der Waals surface area contributed by atoms with E-state index in [0.29, 0.717) is 6.04 Å². The summed E-state index contributed by atoms with van der Waals surface area (Å²) < 4.78 is 0. The van der Waals surface area contributed by atoms with Gasteiger partial charge in [0.25, 0.3) is 0 Å². The van der Waals surface area contributed by atoms with Crippen molar-refractivity contribution in [2.45, 2.75) is 54.2 Å². The molecule has 0 N–H and O–H groups in total. The minimum atomic E-state index is 0.636. The van der Waals surface area contributed by atoms with Gasteiger partial charge in [0.15, 0.2) is 5.16 Å². The second-order valence-electron chi connectivity index (χ2n) is 6.18. The molecule has 114 valence electrons. The van der Waals surface area contributed by atoms with Crippen LogP contribution < -0.4 is 0 Å². The smallest absolute Gasteiger partial charge is 0.192 e. The third kappa shape index (κ3) is 2.90. The predicted molar refractivity (Wildman–Crippen MR) is 88.9 cm³/mol. The highest BCUT2D eigenvalue weighted by molar-refractivity contribution is 7.99. The van der Waals surface area contributed by atoms with Crippen molar-refractivity contribution in [3.8, 4) is 0 Å². The molecular formula is C18H21N3S. The first-order valence-corrected chi connectivity index (χ1v) is 9.02. The highest BCUT2D eigenvalue weighted by Crippen LogP contribution is 2.40. The molecule has 2 aliphatic heterocycles. The van der Waals surface area contributed by atoms with Gasteiger partial charge in [-0.15, -0.1) is 0 Å². The Balaban J connectivity index is 1.48. The lowest BCUT2D eigenvalue weighted by molar-refractivity contribution is 0.150. The number of nitrogens with zero attached hydrogens (tertiary/aromatic N) is 3. The average molecular weight is 311 g/mol. The van der Waals surface area contributed by atoms with Gasteiger partial charge in [-0.3, -0.25) is 4.90 Å². The molecule has 2 saturated heterocycles. The van der Waals surface area contributed by atoms with Crippen molar-refractivity contribution in [1.29, 1.82) is 0 Å². The normalized spacial score (nSPS) is 25.1. The Kier molecular flexibility index (Phi) is 4.13. The van der Waals surface area contributed by atoms with E-state index in [2.05, 4.69) is 39.1 Å². The zero-order valence-corrected chi connectivity index (χ0v) is 13.5. The molecule has 4 heteroatoms. The molecule has 1 aromatic heterocycles. The molecule has 0 amide bonds. The summed E-state index contributed by atoms with van der Waals surface area (Å²) in [4.78, 5) is 12.5. The maximum absolute atomic E-state index is 4.27. The van der Waals surface area contributed by atoms with Crippen LogP contribution in [0.25, 0.3) is 0 Å². The fourth-order valence-corrected chi connectivity index (χ4v) is 4.53. The van der Waals surface area contributed by atoms with E-state index in [4.69, 9.17) is 0 Å². The van der Waals surface area contributed by atoms with Crippen LogP contribution in [0.1, 0.15) is 43.7 Å². The Morgan fingerprint density at radius 3 is 2.59 bits per heavy atom. The van der Waals surface area contributed by atoms with Gasteiger partial charge in [0.2, 0.25) is 0 Å². The number of aromatic nitrogens is 2. The summed E-state index contributed by atoms with van der Waals surface area (Å²) in [5.74, 6) is 0. The molecule has 3 heterocycles. The van der Waals surface area contributed by atoms with Gasteiger partial charge in [-0.1, -0.05) is 18.6 Å². The third-order valence-corrected chi connectivity index (χ3v) is 5.76. The molecule has 22 heavy (non-hydrogen) atoms. The van der Waals surface area contributed by atoms with Gasteiger partial charge in [0, 0.05) is 29.4 Å². The summed E-state index contributed by atoms with van der Waals surface area (Å²) in [5.41, 5.74) is 1.47. The van der Waals surface area contributed by atoms with Crippen LogP contribution in [-0.2, 0) is 0 Å². The summed E-state index contributed by atoms with van der Waals surface area (Å²) in [6.07, 6.45) is 10.5. The first-order valence-electron chi connectivity index (χ1n) is 8.21. The summed E-state index contributed by atoms with van der Waals surface area (Å²) in [6.45, 7) is 1.28. The molecule has 2 aromatic rings. The van der Waals surface area contributed by atoms with Crippen LogP contribution in [0.4, 0.5) is 0 Å². The maximum Gasteiger partial charge on any atom is 0.192 e. The van der Waals surface area contributed by atoms with Crippen LogP contribution in [0, 0.1) is 0 Å². The number of hydrogen-bond donors (Lipinski definition) is 0. The second kappa shape index (κ2) is 6.39. The number of fused-ring (bicyclic) bond motifs is 1. The van der Waals surface area contributed by atoms with Gasteiger partial charge in [0.05, 0.1) is 0 Å². The molecule has 4 rings (SSSR count). The molecule has 0 bridgehead atoms. The van der Waals surface area contributed by atoms with Crippen molar-refractivity contribution < 1.29 is 0 Å². The van der Waals surface area contributed by atoms with Crippen LogP contribution >= 0.6 is 11.8 Å². The summed E-state index contributed by atoms with van der Waals surface area (Å²) in [5, 5.41) is 0.812. The highest BCUT2D eigenvalue weighted by atomic mass is 32.2. The van der Waals surface area contributed by atoms with E-state index >= 15 is 0 Å². The maximum atomic E-state index is 4.27. The fraction of sp³-hybridized carbons (Fsp3) is 0.444. The Morgan fingerprint density at radius 2 is 1.77 bits per heavy atom. The van der Waals surface area contributed by atoms with Crippen LogP contribution in [0.3, 0.4) is 0 Å². The predicted octanol–water partition coefficient (Wildman–Crippen LogP) is 4.32. The minimum Gasteiger partial charge on any atom is -0.293 e. The van der Waals surface area contributed by atoms with Crippen molar-refractivity contribution in [3.63, 3.8) is 0 Å². The Bertz CT molecular complexity index is 614. The lowest BCUT2D eigenvalue weighted by Crippen LogP contribution is -2.35. The van der Waals surface area contributed by atoms with Crippen LogP contribution in [-0.4, -0.2) is 27.5 Å². The van der Waals surface area contributed by atoms with Crippen molar-refractivity contribution in [3.05, 3.63) is 48.3 Å². The van der Waals surface area contributed by atoms with Crippen LogP contribution in [0.2, 0.25) is 0 Å². The zero-order chi connectivity index (χ0) is 14.8. The molecule has 2 aliphatic rings. The van der Waals surface area contributed by atoms with Crippen molar-refractivity contribution in [2.24, 2.45) is 0 Å². The molecule has 0 spiro atoms. The molecule has 0 unspecified atom stereocenters. The number of hydrogen-bond acceptors (Lipinski definition) is 4. The van der Waals surface area contributed by atoms with Crippen LogP contribution in [0.15, 0.2) is 52.8 Å². The molecule has 2 atom stereocenters. The van der Waals surface area contributed by atoms with Crippen LogP contribution in [0.5, 0.6) is 0 Å². The van der Waals surface area contributed by atoms with Gasteiger partial charge in [0.1, 0.15) is 0 Å². The largest absolute Gasteiger partial charge is 0.293 e. The van der Waals surface area contributed by atoms with Crippen molar-refractivity contribution >= 4 is 11.8 Å². The average Bonchev–Trinajstić information content (AvgIpc) is 3.01. The standard InChI is InChI=1S/C18H21N3S/c1-2-13-21-15(4-1)7-10-17(21)14-5-8-16(9-6-14)22-18-19-11-3-12-20-18/h3,5-6,8-9,11-12,15,17H,1-2,4,7,10,13H2/t15-,17-/m1/s1. The number of benzene rings is 1. The molecule has 1 aromatic carbocycles. The lowest BCUT2D eigenvalue weighted by atomic mass is 10.0. The molecule has 0 radical (unpaired) electrons. The van der Waals surface area contributed by atoms with E-state index in [9.17, 15) is 0 Å². The first kappa shape index (κ1) is 14.2. The summed E-state index contributed by atoms with van der Waals surface area (Å²) >= 11 is 1.63. The Hall–Kier alpha value is -1.39. The van der Waals surface area contributed by atoms with Crippen molar-refractivity contribution in [2.75, 3.05) is 6.54 Å². The SMILES string of the molecule is c1cnc(Sc2ccc([C@H]3CC[C@H]4CCCCN43)cc2)nc1. The number of rotatable bonds is 3. The number of piperidine rings is 1. The third-order valence-electron chi connectivity index (χ3n) is 4.86. The van der Waals surface area contributed by atoms with E-state index in [1.807, 2.05) is 6.07 Å². The Labute approximate surface area is 136 Å². The van der Waals surface area contributed by atoms with E-state index in [1.165, 1.54) is 49.1 Å². The van der Waals surface area contributed by atoms with Crippen molar-refractivity contribution in [1.82, 2.24) is 14.9 Å². The summed E-state index contributed by atoms with van der Waals surface area (Å²) in [6, 6.07) is 12.4. The molecular weight excluding hydrogens is 290 g/mol. The van der Waals surface area contributed by atoms with E-state index < -0.39 is 0 Å². The molecule has 2 fully saturated rings. The van der Waals surface area contributed by atoms with Gasteiger partial charge in [-0.05, 0) is 67.8 Å². The van der Waals surface area contributed by atoms with Gasteiger partial charge >= 0.3 is 0 Å². The molecule has 3 nitrogen and oxygen atoms in total. The quantitative estimate of drug-likeness (QED) is 0.790. The first-order chi connectivity index (χ1) is 10.9.